The Labute approximate surface area is 141 Å². The molecular weight excluding hydrogens is 321 g/mol. The second-order valence-corrected chi connectivity index (χ2v) is 6.86. The van der Waals surface area contributed by atoms with Gasteiger partial charge in [-0.25, -0.2) is 9.37 Å². The van der Waals surface area contributed by atoms with Crippen molar-refractivity contribution in [3.05, 3.63) is 29.0 Å². The van der Waals surface area contributed by atoms with Gasteiger partial charge >= 0.3 is 0 Å². The number of nitrogens with one attached hydrogen (secondary N) is 1. The number of hydrogen-bond acceptors (Lipinski definition) is 4. The SMILES string of the molecule is CCNCC1CCN(Cc2nc3ccc(F)cc3s2)CC1.Cl. The first-order valence-corrected chi connectivity index (χ1v) is 8.54. The Morgan fingerprint density at radius 1 is 1.36 bits per heavy atom. The zero-order valence-electron chi connectivity index (χ0n) is 12.8. The number of hydrogen-bond donors (Lipinski definition) is 1. The van der Waals surface area contributed by atoms with Crippen LogP contribution in [0.3, 0.4) is 0 Å². The minimum Gasteiger partial charge on any atom is -0.317 e. The summed E-state index contributed by atoms with van der Waals surface area (Å²) in [6.07, 6.45) is 2.51. The molecule has 2 heterocycles. The summed E-state index contributed by atoms with van der Waals surface area (Å²) in [6.45, 7) is 7.54. The molecule has 0 atom stereocenters. The van der Waals surface area contributed by atoms with Crippen molar-refractivity contribution in [3.63, 3.8) is 0 Å². The van der Waals surface area contributed by atoms with Crippen molar-refractivity contribution < 1.29 is 4.39 Å². The van der Waals surface area contributed by atoms with Crippen LogP contribution in [-0.4, -0.2) is 36.1 Å². The molecule has 0 saturated carbocycles. The second kappa shape index (κ2) is 8.20. The maximum absolute atomic E-state index is 13.2. The number of benzene rings is 1. The first kappa shape index (κ1) is 17.6. The lowest BCUT2D eigenvalue weighted by Crippen LogP contribution is -2.36. The van der Waals surface area contributed by atoms with Crippen LogP contribution >= 0.6 is 23.7 Å². The van der Waals surface area contributed by atoms with E-state index in [9.17, 15) is 4.39 Å². The monoisotopic (exact) mass is 343 g/mol. The lowest BCUT2D eigenvalue weighted by molar-refractivity contribution is 0.176. The largest absolute Gasteiger partial charge is 0.317 e. The predicted molar refractivity (Wildman–Crippen MR) is 93.4 cm³/mol. The van der Waals surface area contributed by atoms with Crippen molar-refractivity contribution in [1.29, 1.82) is 0 Å². The van der Waals surface area contributed by atoms with E-state index in [-0.39, 0.29) is 18.2 Å². The molecule has 3 nitrogen and oxygen atoms in total. The van der Waals surface area contributed by atoms with E-state index >= 15 is 0 Å². The molecule has 122 valence electrons. The molecular formula is C16H23ClFN3S. The van der Waals surface area contributed by atoms with E-state index in [1.165, 1.54) is 18.9 Å². The van der Waals surface area contributed by atoms with E-state index in [1.807, 2.05) is 0 Å². The van der Waals surface area contributed by atoms with Gasteiger partial charge in [0, 0.05) is 0 Å². The highest BCUT2D eigenvalue weighted by Crippen LogP contribution is 2.25. The van der Waals surface area contributed by atoms with Gasteiger partial charge in [-0.3, -0.25) is 4.90 Å². The first-order chi connectivity index (χ1) is 10.2. The molecule has 1 aromatic heterocycles. The van der Waals surface area contributed by atoms with Gasteiger partial charge in [0.15, 0.2) is 0 Å². The van der Waals surface area contributed by atoms with E-state index in [2.05, 4.69) is 22.1 Å². The fourth-order valence-electron chi connectivity index (χ4n) is 2.90. The van der Waals surface area contributed by atoms with E-state index in [4.69, 9.17) is 0 Å². The Kier molecular flexibility index (Phi) is 6.56. The number of likely N-dealkylation sites (tertiary alicyclic amines) is 1. The number of fused-ring (bicyclic) bond motifs is 1. The van der Waals surface area contributed by atoms with E-state index in [0.717, 1.165) is 53.9 Å². The highest BCUT2D eigenvalue weighted by atomic mass is 35.5. The van der Waals surface area contributed by atoms with Gasteiger partial charge < -0.3 is 5.32 Å². The lowest BCUT2D eigenvalue weighted by atomic mass is 9.97. The standard InChI is InChI=1S/C16H22FN3S.ClH/c1-2-18-10-12-5-7-20(8-6-12)11-16-19-14-4-3-13(17)9-15(14)21-16;/h3-4,9,12,18H,2,5-8,10-11H2,1H3;1H. The first-order valence-electron chi connectivity index (χ1n) is 7.72. The van der Waals surface area contributed by atoms with Gasteiger partial charge in [-0.15, -0.1) is 23.7 Å². The van der Waals surface area contributed by atoms with Crippen molar-refractivity contribution in [2.24, 2.45) is 5.92 Å². The van der Waals surface area contributed by atoms with Crippen LogP contribution in [0.15, 0.2) is 18.2 Å². The number of thiazole rings is 1. The number of halogens is 2. The molecule has 0 bridgehead atoms. The smallest absolute Gasteiger partial charge is 0.124 e. The second-order valence-electron chi connectivity index (χ2n) is 5.75. The van der Waals surface area contributed by atoms with Gasteiger partial charge in [-0.1, -0.05) is 6.92 Å². The highest BCUT2D eigenvalue weighted by molar-refractivity contribution is 7.18. The summed E-state index contributed by atoms with van der Waals surface area (Å²) in [7, 11) is 0. The fraction of sp³-hybridized carbons (Fsp3) is 0.562. The van der Waals surface area contributed by atoms with Crippen LogP contribution in [0, 0.1) is 11.7 Å². The van der Waals surface area contributed by atoms with E-state index in [1.54, 1.807) is 23.5 Å². The quantitative estimate of drug-likeness (QED) is 0.897. The summed E-state index contributed by atoms with van der Waals surface area (Å²) < 4.78 is 14.2. The number of piperidine rings is 1. The molecule has 22 heavy (non-hydrogen) atoms. The van der Waals surface area contributed by atoms with Crippen molar-refractivity contribution in [2.75, 3.05) is 26.2 Å². The Morgan fingerprint density at radius 3 is 2.86 bits per heavy atom. The molecule has 2 aromatic rings. The molecule has 0 spiro atoms. The predicted octanol–water partition coefficient (Wildman–Crippen LogP) is 3.68. The van der Waals surface area contributed by atoms with Gasteiger partial charge in [0.2, 0.25) is 0 Å². The van der Waals surface area contributed by atoms with Gasteiger partial charge in [0.05, 0.1) is 16.8 Å². The van der Waals surface area contributed by atoms with Crippen molar-refractivity contribution in [3.8, 4) is 0 Å². The third-order valence-electron chi connectivity index (χ3n) is 4.14. The van der Waals surface area contributed by atoms with Crippen LogP contribution in [0.25, 0.3) is 10.2 Å². The summed E-state index contributed by atoms with van der Waals surface area (Å²) >= 11 is 1.61. The summed E-state index contributed by atoms with van der Waals surface area (Å²) in [6, 6.07) is 4.84. The van der Waals surface area contributed by atoms with Crippen LogP contribution in [-0.2, 0) is 6.54 Å². The summed E-state index contributed by atoms with van der Waals surface area (Å²) in [5, 5.41) is 4.54. The Morgan fingerprint density at radius 2 is 2.14 bits per heavy atom. The molecule has 0 radical (unpaired) electrons. The van der Waals surface area contributed by atoms with Crippen molar-refractivity contribution in [1.82, 2.24) is 15.2 Å². The van der Waals surface area contributed by atoms with Gasteiger partial charge in [0.1, 0.15) is 10.8 Å². The Bertz CT molecular complexity index is 596. The molecule has 0 amide bonds. The Balaban J connectivity index is 0.00000176. The zero-order valence-corrected chi connectivity index (χ0v) is 14.5. The molecule has 1 saturated heterocycles. The number of aromatic nitrogens is 1. The minimum absolute atomic E-state index is 0. The zero-order chi connectivity index (χ0) is 14.7. The van der Waals surface area contributed by atoms with Crippen LogP contribution in [0.5, 0.6) is 0 Å². The third kappa shape index (κ3) is 4.38. The summed E-state index contributed by atoms with van der Waals surface area (Å²) in [5.74, 6) is 0.632. The van der Waals surface area contributed by atoms with Crippen LogP contribution in [0.1, 0.15) is 24.8 Å². The molecule has 0 aliphatic carbocycles. The average Bonchev–Trinajstić information content (AvgIpc) is 2.88. The minimum atomic E-state index is -0.179. The normalized spacial score (nSPS) is 16.8. The summed E-state index contributed by atoms with van der Waals surface area (Å²) in [4.78, 5) is 7.08. The van der Waals surface area contributed by atoms with Crippen molar-refractivity contribution >= 4 is 34.0 Å². The number of nitrogens with zero attached hydrogens (tertiary/aromatic N) is 2. The molecule has 1 aliphatic rings. The third-order valence-corrected chi connectivity index (χ3v) is 5.15. The van der Waals surface area contributed by atoms with Crippen molar-refractivity contribution in [2.45, 2.75) is 26.3 Å². The van der Waals surface area contributed by atoms with E-state index < -0.39 is 0 Å². The molecule has 1 aliphatic heterocycles. The molecule has 0 unspecified atom stereocenters. The topological polar surface area (TPSA) is 28.2 Å². The van der Waals surface area contributed by atoms with Gasteiger partial charge in [0.25, 0.3) is 0 Å². The molecule has 3 rings (SSSR count). The van der Waals surface area contributed by atoms with E-state index in [0.29, 0.717) is 0 Å². The van der Waals surface area contributed by atoms with Crippen LogP contribution < -0.4 is 5.32 Å². The Hall–Kier alpha value is -0.750. The van der Waals surface area contributed by atoms with Gasteiger partial charge in [-0.05, 0) is 63.1 Å². The fourth-order valence-corrected chi connectivity index (χ4v) is 3.94. The van der Waals surface area contributed by atoms with Crippen LogP contribution in [0.2, 0.25) is 0 Å². The molecule has 1 fully saturated rings. The van der Waals surface area contributed by atoms with Crippen LogP contribution in [0.4, 0.5) is 4.39 Å². The van der Waals surface area contributed by atoms with Gasteiger partial charge in [-0.2, -0.15) is 0 Å². The maximum Gasteiger partial charge on any atom is 0.124 e. The number of rotatable bonds is 5. The molecule has 1 aromatic carbocycles. The molecule has 6 heteroatoms. The maximum atomic E-state index is 13.2. The highest BCUT2D eigenvalue weighted by Gasteiger charge is 2.19. The average molecular weight is 344 g/mol. The lowest BCUT2D eigenvalue weighted by Gasteiger charge is -2.31. The summed E-state index contributed by atoms with van der Waals surface area (Å²) in [5.41, 5.74) is 0.915. The molecule has 1 N–H and O–H groups in total.